The fourth-order valence-corrected chi connectivity index (χ4v) is 3.23. The van der Waals surface area contributed by atoms with E-state index in [-0.39, 0.29) is 5.91 Å². The molecule has 1 aliphatic heterocycles. The largest absolute Gasteiger partial charge is 0.480 e. The topological polar surface area (TPSA) is 29.5 Å². The highest BCUT2D eigenvalue weighted by Crippen LogP contribution is 2.29. The van der Waals surface area contributed by atoms with Crippen LogP contribution in [0.25, 0.3) is 0 Å². The summed E-state index contributed by atoms with van der Waals surface area (Å²) >= 11 is 0. The third kappa shape index (κ3) is 3.30. The molecule has 1 aliphatic rings. The molecule has 2 aromatic carbocycles. The van der Waals surface area contributed by atoms with Gasteiger partial charge in [0.05, 0.1) is 0 Å². The predicted molar refractivity (Wildman–Crippen MR) is 97.7 cm³/mol. The molecule has 3 rings (SSSR count). The molecule has 1 atom stereocenters. The second-order valence-corrected chi connectivity index (χ2v) is 6.51. The molecule has 1 heterocycles. The molecular weight excluding hydrogens is 298 g/mol. The van der Waals surface area contributed by atoms with E-state index in [0.29, 0.717) is 6.42 Å². The van der Waals surface area contributed by atoms with Crippen molar-refractivity contribution in [2.45, 2.75) is 46.1 Å². The Bertz CT molecular complexity index is 738. The Kier molecular flexibility index (Phi) is 4.89. The van der Waals surface area contributed by atoms with Crippen molar-refractivity contribution in [2.24, 2.45) is 0 Å². The molecule has 0 aliphatic carbocycles. The van der Waals surface area contributed by atoms with Gasteiger partial charge in [-0.1, -0.05) is 37.3 Å². The zero-order valence-corrected chi connectivity index (χ0v) is 14.7. The van der Waals surface area contributed by atoms with Crippen molar-refractivity contribution in [3.05, 3.63) is 59.2 Å². The molecule has 0 N–H and O–H groups in total. The first kappa shape index (κ1) is 16.6. The Balaban J connectivity index is 1.84. The zero-order valence-electron chi connectivity index (χ0n) is 14.7. The number of fused-ring (bicyclic) bond motifs is 1. The minimum absolute atomic E-state index is 0.0607. The normalized spacial score (nSPS) is 14.9. The molecule has 0 saturated carbocycles. The number of nitrogens with zero attached hydrogens (tertiary/aromatic N) is 1. The fraction of sp³-hybridized carbons (Fsp3) is 0.381. The van der Waals surface area contributed by atoms with E-state index in [9.17, 15) is 4.79 Å². The number of amides is 1. The maximum Gasteiger partial charge on any atom is 0.268 e. The van der Waals surface area contributed by atoms with E-state index < -0.39 is 6.10 Å². The highest BCUT2D eigenvalue weighted by molar-refractivity contribution is 5.97. The van der Waals surface area contributed by atoms with Gasteiger partial charge in [0.2, 0.25) is 0 Å². The van der Waals surface area contributed by atoms with Crippen LogP contribution in [0.4, 0.5) is 5.69 Å². The SMILES string of the molecule is CC[C@@H](Oc1cc(C)ccc1C)C(=O)N1CCCc2ccccc21. The average molecular weight is 323 g/mol. The summed E-state index contributed by atoms with van der Waals surface area (Å²) in [6, 6.07) is 14.3. The summed E-state index contributed by atoms with van der Waals surface area (Å²) in [5.74, 6) is 0.867. The molecule has 24 heavy (non-hydrogen) atoms. The zero-order chi connectivity index (χ0) is 17.1. The van der Waals surface area contributed by atoms with Crippen LogP contribution in [0.15, 0.2) is 42.5 Å². The first-order valence-corrected chi connectivity index (χ1v) is 8.73. The van der Waals surface area contributed by atoms with E-state index in [1.807, 2.05) is 56.0 Å². The second-order valence-electron chi connectivity index (χ2n) is 6.51. The van der Waals surface area contributed by atoms with Crippen LogP contribution < -0.4 is 9.64 Å². The van der Waals surface area contributed by atoms with Crippen LogP contribution >= 0.6 is 0 Å². The van der Waals surface area contributed by atoms with Gasteiger partial charge in [-0.3, -0.25) is 4.79 Å². The Morgan fingerprint density at radius 1 is 1.21 bits per heavy atom. The average Bonchev–Trinajstić information content (AvgIpc) is 2.61. The summed E-state index contributed by atoms with van der Waals surface area (Å²) in [6.45, 7) is 6.82. The monoisotopic (exact) mass is 323 g/mol. The molecule has 2 aromatic rings. The van der Waals surface area contributed by atoms with E-state index in [1.165, 1.54) is 5.56 Å². The standard InChI is InChI=1S/C21H25NO2/c1-4-19(24-20-14-15(2)11-12-16(20)3)21(23)22-13-7-9-17-8-5-6-10-18(17)22/h5-6,8,10-12,14,19H,4,7,9,13H2,1-3H3/t19-/m1/s1. The van der Waals surface area contributed by atoms with Crippen LogP contribution in [0.5, 0.6) is 5.75 Å². The summed E-state index contributed by atoms with van der Waals surface area (Å²) < 4.78 is 6.11. The third-order valence-corrected chi connectivity index (χ3v) is 4.64. The summed E-state index contributed by atoms with van der Waals surface area (Å²) in [4.78, 5) is 15.0. The number of benzene rings is 2. The number of para-hydroxylation sites is 1. The number of aryl methyl sites for hydroxylation is 3. The number of rotatable bonds is 4. The maximum absolute atomic E-state index is 13.1. The lowest BCUT2D eigenvalue weighted by Crippen LogP contribution is -2.44. The lowest BCUT2D eigenvalue weighted by molar-refractivity contribution is -0.125. The van der Waals surface area contributed by atoms with Crippen molar-refractivity contribution < 1.29 is 9.53 Å². The van der Waals surface area contributed by atoms with E-state index in [4.69, 9.17) is 4.74 Å². The molecule has 0 bridgehead atoms. The molecule has 0 fully saturated rings. The summed E-state index contributed by atoms with van der Waals surface area (Å²) in [5, 5.41) is 0. The van der Waals surface area contributed by atoms with Crippen LogP contribution in [0.2, 0.25) is 0 Å². The van der Waals surface area contributed by atoms with Crippen LogP contribution in [-0.2, 0) is 11.2 Å². The number of hydrogen-bond acceptors (Lipinski definition) is 2. The highest BCUT2D eigenvalue weighted by atomic mass is 16.5. The van der Waals surface area contributed by atoms with Crippen molar-refractivity contribution in [1.29, 1.82) is 0 Å². The van der Waals surface area contributed by atoms with Gasteiger partial charge < -0.3 is 9.64 Å². The van der Waals surface area contributed by atoms with Gasteiger partial charge in [0.1, 0.15) is 5.75 Å². The maximum atomic E-state index is 13.1. The van der Waals surface area contributed by atoms with Crippen molar-refractivity contribution in [3.63, 3.8) is 0 Å². The minimum Gasteiger partial charge on any atom is -0.480 e. The third-order valence-electron chi connectivity index (χ3n) is 4.64. The molecule has 0 saturated heterocycles. The molecule has 1 amide bonds. The van der Waals surface area contributed by atoms with Crippen molar-refractivity contribution in [1.82, 2.24) is 0 Å². The first-order valence-electron chi connectivity index (χ1n) is 8.73. The molecular formula is C21H25NO2. The van der Waals surface area contributed by atoms with Gasteiger partial charge in [0.25, 0.3) is 5.91 Å². The Labute approximate surface area is 144 Å². The van der Waals surface area contributed by atoms with Crippen molar-refractivity contribution in [2.75, 3.05) is 11.4 Å². The predicted octanol–water partition coefficient (Wildman–Crippen LogP) is 4.44. The van der Waals surface area contributed by atoms with Crippen LogP contribution in [0, 0.1) is 13.8 Å². The Morgan fingerprint density at radius 3 is 2.79 bits per heavy atom. The lowest BCUT2D eigenvalue weighted by atomic mass is 10.0. The quantitative estimate of drug-likeness (QED) is 0.832. The molecule has 0 unspecified atom stereocenters. The van der Waals surface area contributed by atoms with Gasteiger partial charge >= 0.3 is 0 Å². The summed E-state index contributed by atoms with van der Waals surface area (Å²) in [7, 11) is 0. The van der Waals surface area contributed by atoms with Crippen LogP contribution in [0.3, 0.4) is 0 Å². The van der Waals surface area contributed by atoms with Gasteiger partial charge in [-0.25, -0.2) is 0 Å². The van der Waals surface area contributed by atoms with Gasteiger partial charge in [-0.2, -0.15) is 0 Å². The van der Waals surface area contributed by atoms with Gasteiger partial charge in [-0.05, 0) is 61.9 Å². The van der Waals surface area contributed by atoms with Crippen molar-refractivity contribution in [3.8, 4) is 5.75 Å². The van der Waals surface area contributed by atoms with E-state index in [0.717, 1.165) is 42.0 Å². The molecule has 3 nitrogen and oxygen atoms in total. The number of carbonyl (C=O) groups excluding carboxylic acids is 1. The Morgan fingerprint density at radius 2 is 2.00 bits per heavy atom. The molecule has 0 aromatic heterocycles. The molecule has 0 radical (unpaired) electrons. The first-order chi connectivity index (χ1) is 11.6. The smallest absolute Gasteiger partial charge is 0.268 e. The minimum atomic E-state index is -0.448. The highest BCUT2D eigenvalue weighted by Gasteiger charge is 2.29. The van der Waals surface area contributed by atoms with Crippen molar-refractivity contribution >= 4 is 11.6 Å². The number of hydrogen-bond donors (Lipinski definition) is 0. The molecule has 0 spiro atoms. The second kappa shape index (κ2) is 7.08. The Hall–Kier alpha value is -2.29. The summed E-state index contributed by atoms with van der Waals surface area (Å²) in [6.07, 6.45) is 2.25. The van der Waals surface area contributed by atoms with Crippen LogP contribution in [-0.4, -0.2) is 18.6 Å². The van der Waals surface area contributed by atoms with Crippen LogP contribution in [0.1, 0.15) is 36.5 Å². The number of carbonyl (C=O) groups is 1. The molecule has 3 heteroatoms. The summed E-state index contributed by atoms with van der Waals surface area (Å²) in [5.41, 5.74) is 4.49. The van der Waals surface area contributed by atoms with Gasteiger partial charge in [0, 0.05) is 12.2 Å². The van der Waals surface area contributed by atoms with E-state index in [2.05, 4.69) is 12.1 Å². The number of anilines is 1. The van der Waals surface area contributed by atoms with Gasteiger partial charge in [-0.15, -0.1) is 0 Å². The van der Waals surface area contributed by atoms with Gasteiger partial charge in [0.15, 0.2) is 6.10 Å². The lowest BCUT2D eigenvalue weighted by Gasteiger charge is -2.32. The van der Waals surface area contributed by atoms with E-state index >= 15 is 0 Å². The number of ether oxygens (including phenoxy) is 1. The fourth-order valence-electron chi connectivity index (χ4n) is 3.23. The molecule has 126 valence electrons. The van der Waals surface area contributed by atoms with E-state index in [1.54, 1.807) is 0 Å².